The van der Waals surface area contributed by atoms with Gasteiger partial charge in [0.2, 0.25) is 0 Å². The third-order valence-electron chi connectivity index (χ3n) is 2.76. The summed E-state index contributed by atoms with van der Waals surface area (Å²) in [6.07, 6.45) is 0.705. The molecule has 2 rings (SSSR count). The van der Waals surface area contributed by atoms with Crippen LogP contribution in [0.3, 0.4) is 0 Å². The molecule has 0 spiro atoms. The van der Waals surface area contributed by atoms with Crippen molar-refractivity contribution in [1.29, 1.82) is 0 Å². The largest absolute Gasteiger partial charge is 0.399 e. The van der Waals surface area contributed by atoms with Crippen molar-refractivity contribution in [3.05, 3.63) is 59.9 Å². The topological polar surface area (TPSA) is 67.1 Å². The highest BCUT2D eigenvalue weighted by Crippen LogP contribution is 2.09. The molecule has 0 heterocycles. The van der Waals surface area contributed by atoms with Crippen molar-refractivity contribution in [2.75, 3.05) is 17.6 Å². The molecule has 2 aromatic rings. The summed E-state index contributed by atoms with van der Waals surface area (Å²) in [5.74, 6) is -0.385. The predicted octanol–water partition coefficient (Wildman–Crippen LogP) is 2.77. The van der Waals surface area contributed by atoms with Gasteiger partial charge in [-0.05, 0) is 42.3 Å². The molecule has 20 heavy (non-hydrogen) atoms. The average Bonchev–Trinajstić information content (AvgIpc) is 2.41. The lowest BCUT2D eigenvalue weighted by atomic mass is 10.1. The van der Waals surface area contributed by atoms with E-state index in [9.17, 15) is 9.18 Å². The SMILES string of the molecule is Nc1ccc(CCNC(=O)Nc2cccc(F)c2)cc1. The van der Waals surface area contributed by atoms with Gasteiger partial charge in [-0.3, -0.25) is 0 Å². The zero-order chi connectivity index (χ0) is 14.4. The molecule has 0 atom stereocenters. The van der Waals surface area contributed by atoms with Crippen molar-refractivity contribution >= 4 is 17.4 Å². The van der Waals surface area contributed by atoms with Crippen LogP contribution in [0.15, 0.2) is 48.5 Å². The van der Waals surface area contributed by atoms with Gasteiger partial charge in [-0.2, -0.15) is 0 Å². The van der Waals surface area contributed by atoms with Crippen molar-refractivity contribution in [2.45, 2.75) is 6.42 Å². The van der Waals surface area contributed by atoms with Crippen molar-refractivity contribution in [1.82, 2.24) is 5.32 Å². The third kappa shape index (κ3) is 4.28. The maximum absolute atomic E-state index is 12.9. The van der Waals surface area contributed by atoms with Crippen molar-refractivity contribution in [3.63, 3.8) is 0 Å². The molecule has 2 amide bonds. The molecule has 5 heteroatoms. The van der Waals surface area contributed by atoms with Crippen molar-refractivity contribution < 1.29 is 9.18 Å². The van der Waals surface area contributed by atoms with Crippen LogP contribution in [0.25, 0.3) is 0 Å². The minimum atomic E-state index is -0.385. The van der Waals surface area contributed by atoms with Gasteiger partial charge in [0.05, 0.1) is 0 Å². The highest BCUT2D eigenvalue weighted by Gasteiger charge is 2.02. The quantitative estimate of drug-likeness (QED) is 0.750. The van der Waals surface area contributed by atoms with E-state index in [1.54, 1.807) is 12.1 Å². The van der Waals surface area contributed by atoms with E-state index in [-0.39, 0.29) is 11.8 Å². The van der Waals surface area contributed by atoms with Crippen LogP contribution in [0.2, 0.25) is 0 Å². The van der Waals surface area contributed by atoms with E-state index in [4.69, 9.17) is 5.73 Å². The van der Waals surface area contributed by atoms with Gasteiger partial charge in [-0.25, -0.2) is 9.18 Å². The number of amides is 2. The Kier molecular flexibility index (Phi) is 4.55. The summed E-state index contributed by atoms with van der Waals surface area (Å²) in [6, 6.07) is 12.9. The highest BCUT2D eigenvalue weighted by molar-refractivity contribution is 5.89. The van der Waals surface area contributed by atoms with Gasteiger partial charge in [0.1, 0.15) is 5.82 Å². The fourth-order valence-electron chi connectivity index (χ4n) is 1.75. The lowest BCUT2D eigenvalue weighted by molar-refractivity contribution is 0.252. The minimum Gasteiger partial charge on any atom is -0.399 e. The Bertz CT molecular complexity index is 584. The molecule has 2 aromatic carbocycles. The lowest BCUT2D eigenvalue weighted by Gasteiger charge is -2.08. The summed E-state index contributed by atoms with van der Waals surface area (Å²) in [5, 5.41) is 5.28. The number of nitrogens with two attached hydrogens (primary N) is 1. The molecular formula is C15H16FN3O. The van der Waals surface area contributed by atoms with Crippen LogP contribution in [0.1, 0.15) is 5.56 Å². The second-order valence-corrected chi connectivity index (χ2v) is 4.38. The third-order valence-corrected chi connectivity index (χ3v) is 2.76. The van der Waals surface area contributed by atoms with Gasteiger partial charge >= 0.3 is 6.03 Å². The normalized spacial score (nSPS) is 10.1. The molecule has 0 aromatic heterocycles. The number of urea groups is 1. The fourth-order valence-corrected chi connectivity index (χ4v) is 1.75. The van der Waals surface area contributed by atoms with Gasteiger partial charge in [0, 0.05) is 17.9 Å². The van der Waals surface area contributed by atoms with E-state index in [1.165, 1.54) is 12.1 Å². The standard InChI is InChI=1S/C15H16FN3O/c16-12-2-1-3-14(10-12)19-15(20)18-9-8-11-4-6-13(17)7-5-11/h1-7,10H,8-9,17H2,(H2,18,19,20). The van der Waals surface area contributed by atoms with Gasteiger partial charge < -0.3 is 16.4 Å². The van der Waals surface area contributed by atoms with E-state index < -0.39 is 0 Å². The fraction of sp³-hybridized carbons (Fsp3) is 0.133. The number of rotatable bonds is 4. The van der Waals surface area contributed by atoms with Crippen molar-refractivity contribution in [3.8, 4) is 0 Å². The van der Waals surface area contributed by atoms with E-state index in [1.807, 2.05) is 24.3 Å². The maximum atomic E-state index is 12.9. The minimum absolute atomic E-state index is 0.356. The molecule has 104 valence electrons. The summed E-state index contributed by atoms with van der Waals surface area (Å²) >= 11 is 0. The Morgan fingerprint density at radius 3 is 2.60 bits per heavy atom. The molecule has 0 bridgehead atoms. The predicted molar refractivity (Wildman–Crippen MR) is 78.0 cm³/mol. The zero-order valence-corrected chi connectivity index (χ0v) is 10.9. The van der Waals surface area contributed by atoms with Crippen LogP contribution in [0.4, 0.5) is 20.6 Å². The Morgan fingerprint density at radius 2 is 1.90 bits per heavy atom. The number of hydrogen-bond acceptors (Lipinski definition) is 2. The van der Waals surface area contributed by atoms with Gasteiger partial charge in [-0.1, -0.05) is 18.2 Å². The summed E-state index contributed by atoms with van der Waals surface area (Å²) in [7, 11) is 0. The van der Waals surface area contributed by atoms with Crippen LogP contribution in [0, 0.1) is 5.82 Å². The molecular weight excluding hydrogens is 257 g/mol. The Morgan fingerprint density at radius 1 is 1.15 bits per heavy atom. The van der Waals surface area contributed by atoms with E-state index in [0.717, 1.165) is 5.56 Å². The number of hydrogen-bond donors (Lipinski definition) is 3. The van der Waals surface area contributed by atoms with Gasteiger partial charge in [0.15, 0.2) is 0 Å². The van der Waals surface area contributed by atoms with Crippen LogP contribution < -0.4 is 16.4 Å². The number of benzene rings is 2. The molecule has 0 fully saturated rings. The van der Waals surface area contributed by atoms with Crippen LogP contribution in [0.5, 0.6) is 0 Å². The first-order valence-corrected chi connectivity index (χ1v) is 6.28. The second-order valence-electron chi connectivity index (χ2n) is 4.38. The molecule has 0 saturated heterocycles. The van der Waals surface area contributed by atoms with Crippen LogP contribution in [-0.4, -0.2) is 12.6 Å². The first-order chi connectivity index (χ1) is 9.63. The molecule has 4 nitrogen and oxygen atoms in total. The number of carbonyl (C=O) groups excluding carboxylic acids is 1. The molecule has 0 aliphatic rings. The highest BCUT2D eigenvalue weighted by atomic mass is 19.1. The molecule has 0 aliphatic carbocycles. The Labute approximate surface area is 116 Å². The molecule has 0 saturated carbocycles. The van der Waals surface area contributed by atoms with Crippen LogP contribution in [-0.2, 0) is 6.42 Å². The molecule has 0 radical (unpaired) electrons. The summed E-state index contributed by atoms with van der Waals surface area (Å²) < 4.78 is 12.9. The molecule has 0 aliphatic heterocycles. The van der Waals surface area contributed by atoms with Crippen LogP contribution >= 0.6 is 0 Å². The monoisotopic (exact) mass is 273 g/mol. The lowest BCUT2D eigenvalue weighted by Crippen LogP contribution is -2.30. The van der Waals surface area contributed by atoms with Gasteiger partial charge in [-0.15, -0.1) is 0 Å². The van der Waals surface area contributed by atoms with E-state index in [0.29, 0.717) is 24.3 Å². The average molecular weight is 273 g/mol. The Balaban J connectivity index is 1.76. The molecule has 0 unspecified atom stereocenters. The smallest absolute Gasteiger partial charge is 0.319 e. The Hall–Kier alpha value is -2.56. The first kappa shape index (κ1) is 13.9. The van der Waals surface area contributed by atoms with E-state index >= 15 is 0 Å². The zero-order valence-electron chi connectivity index (χ0n) is 10.9. The second kappa shape index (κ2) is 6.56. The number of halogens is 1. The number of nitrogen functional groups attached to an aromatic ring is 1. The van der Waals surface area contributed by atoms with E-state index in [2.05, 4.69) is 10.6 Å². The van der Waals surface area contributed by atoms with Crippen molar-refractivity contribution in [2.24, 2.45) is 0 Å². The molecule has 4 N–H and O–H groups in total. The first-order valence-electron chi connectivity index (χ1n) is 6.28. The van der Waals surface area contributed by atoms with Gasteiger partial charge in [0.25, 0.3) is 0 Å². The maximum Gasteiger partial charge on any atom is 0.319 e. The number of nitrogens with one attached hydrogen (secondary N) is 2. The number of anilines is 2. The summed E-state index contributed by atoms with van der Waals surface area (Å²) in [5.41, 5.74) is 7.82. The summed E-state index contributed by atoms with van der Waals surface area (Å²) in [6.45, 7) is 0.491. The summed E-state index contributed by atoms with van der Waals surface area (Å²) in [4.78, 5) is 11.6. The number of carbonyl (C=O) groups is 1.